The molecule has 0 aliphatic carbocycles. The first-order valence-corrected chi connectivity index (χ1v) is 6.98. The Hall–Kier alpha value is -1.51. The van der Waals surface area contributed by atoms with Crippen molar-refractivity contribution in [2.75, 3.05) is 13.2 Å². The van der Waals surface area contributed by atoms with Crippen molar-refractivity contribution >= 4 is 5.69 Å². The van der Waals surface area contributed by atoms with Gasteiger partial charge < -0.3 is 15.5 Å². The van der Waals surface area contributed by atoms with Gasteiger partial charge in [-0.3, -0.25) is 14.8 Å². The maximum atomic E-state index is 10.9. The van der Waals surface area contributed by atoms with E-state index in [9.17, 15) is 20.3 Å². The van der Waals surface area contributed by atoms with Crippen molar-refractivity contribution in [3.05, 3.63) is 21.5 Å². The highest BCUT2D eigenvalue weighted by molar-refractivity contribution is 5.39. The van der Waals surface area contributed by atoms with E-state index < -0.39 is 11.0 Å². The molecule has 0 aliphatic heterocycles. The molecule has 8 nitrogen and oxygen atoms in total. The fourth-order valence-corrected chi connectivity index (χ4v) is 2.19. The van der Waals surface area contributed by atoms with Crippen molar-refractivity contribution in [2.45, 2.75) is 46.4 Å². The molecule has 3 N–H and O–H groups in total. The lowest BCUT2D eigenvalue weighted by Crippen LogP contribution is -2.42. The highest BCUT2D eigenvalue weighted by Crippen LogP contribution is 2.21. The summed E-state index contributed by atoms with van der Waals surface area (Å²) in [4.78, 5) is 10.5. The van der Waals surface area contributed by atoms with Gasteiger partial charge in [0.1, 0.15) is 11.4 Å². The van der Waals surface area contributed by atoms with Gasteiger partial charge in [-0.15, -0.1) is 0 Å². The Balaban J connectivity index is 2.65. The van der Waals surface area contributed by atoms with Crippen molar-refractivity contribution < 1.29 is 15.1 Å². The quantitative estimate of drug-likeness (QED) is 0.472. The molecule has 2 atom stereocenters. The molecule has 1 heterocycles. The van der Waals surface area contributed by atoms with Gasteiger partial charge in [-0.2, -0.15) is 5.10 Å². The van der Waals surface area contributed by atoms with Gasteiger partial charge in [-0.05, 0) is 19.8 Å². The number of hydrogen-bond donors (Lipinski definition) is 3. The van der Waals surface area contributed by atoms with Crippen LogP contribution < -0.4 is 5.32 Å². The lowest BCUT2D eigenvalue weighted by Gasteiger charge is -2.22. The second kappa shape index (κ2) is 7.48. The molecular weight excluding hydrogens is 276 g/mol. The largest absolute Gasteiger partial charge is 0.395 e. The number of aliphatic hydroxyl groups is 2. The molecule has 0 amide bonds. The predicted octanol–water partition coefficient (Wildman–Crippen LogP) is 0.376. The zero-order valence-corrected chi connectivity index (χ0v) is 12.9. The summed E-state index contributed by atoms with van der Waals surface area (Å²) in [5, 5.41) is 37.3. The van der Waals surface area contributed by atoms with Crippen LogP contribution in [0.2, 0.25) is 0 Å². The maximum Gasteiger partial charge on any atom is 0.312 e. The van der Waals surface area contributed by atoms with E-state index in [0.29, 0.717) is 11.4 Å². The Labute approximate surface area is 123 Å². The molecule has 0 aromatic carbocycles. The molecule has 0 aliphatic rings. The summed E-state index contributed by atoms with van der Waals surface area (Å²) >= 11 is 0. The fourth-order valence-electron chi connectivity index (χ4n) is 2.19. The van der Waals surface area contributed by atoms with E-state index in [2.05, 4.69) is 10.4 Å². The van der Waals surface area contributed by atoms with Gasteiger partial charge in [0, 0.05) is 12.6 Å². The summed E-state index contributed by atoms with van der Waals surface area (Å²) in [6.07, 6.45) is -0.740. The Kier molecular flexibility index (Phi) is 6.25. The average Bonchev–Trinajstić information content (AvgIpc) is 2.64. The second-order valence-corrected chi connectivity index (χ2v) is 5.55. The smallest absolute Gasteiger partial charge is 0.312 e. The van der Waals surface area contributed by atoms with Crippen molar-refractivity contribution in [2.24, 2.45) is 5.92 Å². The van der Waals surface area contributed by atoms with E-state index in [1.807, 2.05) is 13.8 Å². The van der Waals surface area contributed by atoms with Crippen molar-refractivity contribution in [1.29, 1.82) is 0 Å². The number of nitrogens with zero attached hydrogens (tertiary/aromatic N) is 3. The number of aryl methyl sites for hydroxylation is 1. The third kappa shape index (κ3) is 4.48. The van der Waals surface area contributed by atoms with Gasteiger partial charge in [-0.25, -0.2) is 0 Å². The number of rotatable bonds is 8. The van der Waals surface area contributed by atoms with Crippen LogP contribution in [0.4, 0.5) is 5.69 Å². The van der Waals surface area contributed by atoms with E-state index >= 15 is 0 Å². The number of aromatic nitrogens is 2. The molecule has 0 bridgehead atoms. The zero-order valence-electron chi connectivity index (χ0n) is 12.9. The molecular formula is C13H24N4O4. The second-order valence-electron chi connectivity index (χ2n) is 5.55. The van der Waals surface area contributed by atoms with Crippen molar-refractivity contribution in [3.63, 3.8) is 0 Å². The van der Waals surface area contributed by atoms with Crippen LogP contribution in [0.3, 0.4) is 0 Å². The highest BCUT2D eigenvalue weighted by Gasteiger charge is 2.23. The topological polar surface area (TPSA) is 113 Å². The Bertz CT molecular complexity index is 487. The summed E-state index contributed by atoms with van der Waals surface area (Å²) < 4.78 is 1.45. The molecule has 0 spiro atoms. The minimum Gasteiger partial charge on any atom is -0.395 e. The lowest BCUT2D eigenvalue weighted by molar-refractivity contribution is -0.386. The molecule has 8 heteroatoms. The zero-order chi connectivity index (χ0) is 16.2. The normalized spacial score (nSPS) is 14.4. The molecule has 2 unspecified atom stereocenters. The standard InChI is InChI=1S/C13H24N4O4/c1-8(2)12(7-18)14-5-11(19)6-16-10(4)13(17(20)21)9(3)15-16/h8,11-12,14,18-19H,5-7H2,1-4H3. The molecule has 1 aromatic heterocycles. The first-order valence-electron chi connectivity index (χ1n) is 6.98. The van der Waals surface area contributed by atoms with Crippen LogP contribution in [0.5, 0.6) is 0 Å². The maximum absolute atomic E-state index is 10.9. The molecule has 0 radical (unpaired) electrons. The van der Waals surface area contributed by atoms with Gasteiger partial charge in [0.05, 0.1) is 24.2 Å². The van der Waals surface area contributed by atoms with Gasteiger partial charge in [0.15, 0.2) is 0 Å². The molecule has 0 saturated carbocycles. The van der Waals surface area contributed by atoms with Gasteiger partial charge >= 0.3 is 5.69 Å². The molecule has 1 rings (SSSR count). The van der Waals surface area contributed by atoms with Gasteiger partial charge in [-0.1, -0.05) is 13.8 Å². The highest BCUT2D eigenvalue weighted by atomic mass is 16.6. The number of aliphatic hydroxyl groups excluding tert-OH is 2. The summed E-state index contributed by atoms with van der Waals surface area (Å²) in [6.45, 7) is 7.60. The minimum absolute atomic E-state index is 0.00420. The summed E-state index contributed by atoms with van der Waals surface area (Å²) in [6, 6.07) is -0.0885. The first-order chi connectivity index (χ1) is 9.77. The lowest BCUT2D eigenvalue weighted by atomic mass is 10.1. The number of hydrogen-bond acceptors (Lipinski definition) is 6. The van der Waals surface area contributed by atoms with Crippen LogP contribution in [0, 0.1) is 29.9 Å². The summed E-state index contributed by atoms with van der Waals surface area (Å²) in [5.74, 6) is 0.247. The molecule has 1 aromatic rings. The van der Waals surface area contributed by atoms with Gasteiger partial charge in [0.2, 0.25) is 0 Å². The van der Waals surface area contributed by atoms with E-state index in [-0.39, 0.29) is 37.3 Å². The van der Waals surface area contributed by atoms with Crippen LogP contribution in [0.25, 0.3) is 0 Å². The van der Waals surface area contributed by atoms with Crippen LogP contribution in [0.1, 0.15) is 25.2 Å². The fraction of sp³-hybridized carbons (Fsp3) is 0.769. The molecule has 0 fully saturated rings. The monoisotopic (exact) mass is 300 g/mol. The van der Waals surface area contributed by atoms with Crippen LogP contribution in [-0.2, 0) is 6.54 Å². The average molecular weight is 300 g/mol. The van der Waals surface area contributed by atoms with Gasteiger partial charge in [0.25, 0.3) is 0 Å². The molecule has 120 valence electrons. The van der Waals surface area contributed by atoms with E-state index in [1.165, 1.54) is 4.68 Å². The molecule has 21 heavy (non-hydrogen) atoms. The van der Waals surface area contributed by atoms with Crippen molar-refractivity contribution in [3.8, 4) is 0 Å². The Morgan fingerprint density at radius 3 is 2.48 bits per heavy atom. The third-order valence-electron chi connectivity index (χ3n) is 3.53. The summed E-state index contributed by atoms with van der Waals surface area (Å²) in [5.41, 5.74) is 0.762. The van der Waals surface area contributed by atoms with E-state index in [4.69, 9.17) is 0 Å². The Morgan fingerprint density at radius 1 is 1.43 bits per heavy atom. The minimum atomic E-state index is -0.740. The predicted molar refractivity (Wildman–Crippen MR) is 78.1 cm³/mol. The van der Waals surface area contributed by atoms with E-state index in [0.717, 1.165) is 0 Å². The van der Waals surface area contributed by atoms with E-state index in [1.54, 1.807) is 13.8 Å². The van der Waals surface area contributed by atoms with Crippen LogP contribution in [0.15, 0.2) is 0 Å². The third-order valence-corrected chi connectivity index (χ3v) is 3.53. The van der Waals surface area contributed by atoms with Crippen molar-refractivity contribution in [1.82, 2.24) is 15.1 Å². The number of nitrogens with one attached hydrogen (secondary N) is 1. The molecule has 0 saturated heterocycles. The van der Waals surface area contributed by atoms with Crippen LogP contribution >= 0.6 is 0 Å². The van der Waals surface area contributed by atoms with Crippen LogP contribution in [-0.4, -0.2) is 50.2 Å². The SMILES string of the molecule is Cc1nn(CC(O)CNC(CO)C(C)C)c(C)c1[N+](=O)[O-]. The Morgan fingerprint density at radius 2 is 2.05 bits per heavy atom. The first kappa shape index (κ1) is 17.5. The number of nitro groups is 1. The summed E-state index contributed by atoms with van der Waals surface area (Å²) in [7, 11) is 0.